The van der Waals surface area contributed by atoms with Gasteiger partial charge in [0.25, 0.3) is 0 Å². The van der Waals surface area contributed by atoms with Gasteiger partial charge in [0.1, 0.15) is 0 Å². The molecule has 1 aromatic heterocycles. The molecule has 7 heteroatoms. The van der Waals surface area contributed by atoms with Crippen molar-refractivity contribution in [2.24, 2.45) is 0 Å². The third-order valence-electron chi connectivity index (χ3n) is 4.94. The van der Waals surface area contributed by atoms with Crippen molar-refractivity contribution >= 4 is 17.1 Å². The van der Waals surface area contributed by atoms with E-state index in [1.807, 2.05) is 24.3 Å². The van der Waals surface area contributed by atoms with Crippen LogP contribution in [0, 0.1) is 0 Å². The molecule has 1 saturated heterocycles. The maximum Gasteiger partial charge on any atom is 0.337 e. The third kappa shape index (κ3) is 2.74. The molecule has 1 aliphatic heterocycles. The number of para-hydroxylation sites is 2. The second kappa shape index (κ2) is 6.07. The molecule has 2 aliphatic rings. The van der Waals surface area contributed by atoms with Crippen molar-refractivity contribution in [1.82, 2.24) is 24.3 Å². The third-order valence-corrected chi connectivity index (χ3v) is 4.94. The lowest BCUT2D eigenvalue weighted by molar-refractivity contribution is 0.146. The van der Waals surface area contributed by atoms with E-state index >= 15 is 0 Å². The van der Waals surface area contributed by atoms with Gasteiger partial charge in [-0.1, -0.05) is 12.1 Å². The Morgan fingerprint density at radius 2 is 1.79 bits per heavy atom. The van der Waals surface area contributed by atoms with Gasteiger partial charge in [0.05, 0.1) is 17.7 Å². The summed E-state index contributed by atoms with van der Waals surface area (Å²) in [5, 5.41) is 2.91. The van der Waals surface area contributed by atoms with Gasteiger partial charge in [0.15, 0.2) is 0 Å². The molecular formula is C17H23N5O2. The fraction of sp³-hybridized carbons (Fsp3) is 0.529. The van der Waals surface area contributed by atoms with Crippen LogP contribution in [0.3, 0.4) is 0 Å². The van der Waals surface area contributed by atoms with E-state index in [1.54, 1.807) is 4.57 Å². The number of carbonyl (C=O) groups is 1. The quantitative estimate of drug-likeness (QED) is 0.909. The summed E-state index contributed by atoms with van der Waals surface area (Å²) >= 11 is 0. The van der Waals surface area contributed by atoms with Crippen LogP contribution in [0.15, 0.2) is 29.1 Å². The normalized spacial score (nSPS) is 19.7. The van der Waals surface area contributed by atoms with Crippen LogP contribution in [0.2, 0.25) is 0 Å². The number of aromatic nitrogens is 2. The van der Waals surface area contributed by atoms with Gasteiger partial charge in [-0.2, -0.15) is 0 Å². The molecule has 0 spiro atoms. The van der Waals surface area contributed by atoms with Crippen molar-refractivity contribution < 1.29 is 4.79 Å². The van der Waals surface area contributed by atoms with E-state index in [4.69, 9.17) is 0 Å². The van der Waals surface area contributed by atoms with Crippen LogP contribution < -0.4 is 11.0 Å². The Kier molecular flexibility index (Phi) is 3.90. The molecule has 0 atom stereocenters. The average molecular weight is 329 g/mol. The summed E-state index contributed by atoms with van der Waals surface area (Å²) in [5.74, 6) is 0. The molecule has 1 aliphatic carbocycles. The molecule has 0 unspecified atom stereocenters. The van der Waals surface area contributed by atoms with Crippen molar-refractivity contribution in [3.63, 3.8) is 0 Å². The van der Waals surface area contributed by atoms with Gasteiger partial charge in [0.2, 0.25) is 0 Å². The van der Waals surface area contributed by atoms with E-state index in [-0.39, 0.29) is 17.8 Å². The number of amides is 1. The lowest BCUT2D eigenvalue weighted by Gasteiger charge is -2.32. The van der Waals surface area contributed by atoms with E-state index in [1.165, 1.54) is 4.57 Å². The summed E-state index contributed by atoms with van der Waals surface area (Å²) in [6.45, 7) is 4.32. The largest absolute Gasteiger partial charge is 0.337 e. The molecule has 2 fully saturated rings. The second-order valence-corrected chi connectivity index (χ2v) is 6.77. The minimum absolute atomic E-state index is 0.227. The van der Waals surface area contributed by atoms with Gasteiger partial charge in [-0.15, -0.1) is 0 Å². The Balaban J connectivity index is 1.56. The van der Waals surface area contributed by atoms with Gasteiger partial charge >= 0.3 is 11.7 Å². The van der Waals surface area contributed by atoms with Crippen LogP contribution in [-0.2, 0) is 0 Å². The van der Waals surface area contributed by atoms with Gasteiger partial charge in [-0.3, -0.25) is 9.47 Å². The second-order valence-electron chi connectivity index (χ2n) is 6.77. The Hall–Kier alpha value is -2.12. The smallest absolute Gasteiger partial charge is 0.324 e. The monoisotopic (exact) mass is 329 g/mol. The topological polar surface area (TPSA) is 62.5 Å². The van der Waals surface area contributed by atoms with Crippen LogP contribution in [0.5, 0.6) is 0 Å². The molecule has 2 aromatic rings. The number of benzene rings is 1. The molecular weight excluding hydrogens is 306 g/mol. The number of likely N-dealkylation sites (N-methyl/N-ethyl adjacent to an activating group) is 1. The number of nitrogens with one attached hydrogen (secondary N) is 1. The Labute approximate surface area is 140 Å². The molecule has 4 rings (SSSR count). The first kappa shape index (κ1) is 15.4. The molecule has 0 bridgehead atoms. The number of hydrogen-bond donors (Lipinski definition) is 1. The number of nitrogens with zero attached hydrogens (tertiary/aromatic N) is 4. The number of imidazole rings is 1. The van der Waals surface area contributed by atoms with E-state index in [0.717, 1.165) is 44.5 Å². The highest BCUT2D eigenvalue weighted by Crippen LogP contribution is 2.36. The van der Waals surface area contributed by atoms with E-state index in [0.29, 0.717) is 12.2 Å². The summed E-state index contributed by atoms with van der Waals surface area (Å²) in [4.78, 5) is 29.9. The molecule has 0 radical (unpaired) electrons. The lowest BCUT2D eigenvalue weighted by Crippen LogP contribution is -2.50. The van der Waals surface area contributed by atoms with E-state index < -0.39 is 0 Å². The minimum Gasteiger partial charge on any atom is -0.324 e. The van der Waals surface area contributed by atoms with Gasteiger partial charge in [0, 0.05) is 32.2 Å². The summed E-state index contributed by atoms with van der Waals surface area (Å²) in [7, 11) is 2.10. The maximum absolute atomic E-state index is 12.8. The van der Waals surface area contributed by atoms with Crippen LogP contribution in [0.25, 0.3) is 11.0 Å². The van der Waals surface area contributed by atoms with E-state index in [9.17, 15) is 9.59 Å². The molecule has 1 N–H and O–H groups in total. The highest BCUT2D eigenvalue weighted by Gasteiger charge is 2.30. The maximum atomic E-state index is 12.8. The van der Waals surface area contributed by atoms with Crippen LogP contribution >= 0.6 is 0 Å². The van der Waals surface area contributed by atoms with Crippen molar-refractivity contribution in [1.29, 1.82) is 0 Å². The zero-order valence-electron chi connectivity index (χ0n) is 13.9. The number of rotatable bonds is 3. The van der Waals surface area contributed by atoms with E-state index in [2.05, 4.69) is 22.2 Å². The van der Waals surface area contributed by atoms with Gasteiger partial charge < -0.3 is 10.2 Å². The van der Waals surface area contributed by atoms with Crippen LogP contribution in [0.1, 0.15) is 18.9 Å². The number of piperazine rings is 1. The molecule has 1 aromatic carbocycles. The highest BCUT2D eigenvalue weighted by molar-refractivity contribution is 5.89. The predicted octanol–water partition coefficient (Wildman–Crippen LogP) is 0.900. The van der Waals surface area contributed by atoms with Crippen molar-refractivity contribution in [3.05, 3.63) is 34.7 Å². The average Bonchev–Trinajstić information content (AvgIpc) is 3.37. The SMILES string of the molecule is CN1CCN(CNC(=O)n2c(=O)n(C3CC3)c3ccccc32)CC1. The van der Waals surface area contributed by atoms with Crippen molar-refractivity contribution in [2.75, 3.05) is 39.9 Å². The lowest BCUT2D eigenvalue weighted by atomic mass is 10.3. The first-order chi connectivity index (χ1) is 11.6. The fourth-order valence-corrected chi connectivity index (χ4v) is 3.32. The zero-order valence-corrected chi connectivity index (χ0v) is 13.9. The Morgan fingerprint density at radius 3 is 2.46 bits per heavy atom. The highest BCUT2D eigenvalue weighted by atomic mass is 16.2. The summed E-state index contributed by atoms with van der Waals surface area (Å²) in [5.41, 5.74) is 1.31. The first-order valence-corrected chi connectivity index (χ1v) is 8.56. The molecule has 2 heterocycles. The summed E-state index contributed by atoms with van der Waals surface area (Å²) in [6, 6.07) is 7.43. The Bertz CT molecular complexity index is 812. The molecule has 7 nitrogen and oxygen atoms in total. The standard InChI is InChI=1S/C17H23N5O2/c1-19-8-10-20(11-9-19)12-18-16(23)22-15-5-3-2-4-14(15)21(17(22)24)13-6-7-13/h2-5,13H,6-12H2,1H3,(H,18,23). The van der Waals surface area contributed by atoms with Crippen molar-refractivity contribution in [2.45, 2.75) is 18.9 Å². The minimum atomic E-state index is -0.338. The van der Waals surface area contributed by atoms with Crippen LogP contribution in [0.4, 0.5) is 4.79 Å². The predicted molar refractivity (Wildman–Crippen MR) is 92.3 cm³/mol. The molecule has 1 amide bonds. The molecule has 1 saturated carbocycles. The molecule has 24 heavy (non-hydrogen) atoms. The number of carbonyl (C=O) groups excluding carboxylic acids is 1. The van der Waals surface area contributed by atoms with Crippen molar-refractivity contribution in [3.8, 4) is 0 Å². The molecule has 128 valence electrons. The number of fused-ring (bicyclic) bond motifs is 1. The van der Waals surface area contributed by atoms with Gasteiger partial charge in [-0.25, -0.2) is 14.2 Å². The van der Waals surface area contributed by atoms with Crippen LogP contribution in [-0.4, -0.2) is 64.9 Å². The van der Waals surface area contributed by atoms with Gasteiger partial charge in [-0.05, 0) is 32.0 Å². The fourth-order valence-electron chi connectivity index (χ4n) is 3.32. The first-order valence-electron chi connectivity index (χ1n) is 8.56. The number of hydrogen-bond acceptors (Lipinski definition) is 4. The Morgan fingerprint density at radius 1 is 1.12 bits per heavy atom. The zero-order chi connectivity index (χ0) is 16.7. The summed E-state index contributed by atoms with van der Waals surface area (Å²) in [6.07, 6.45) is 2.02. The summed E-state index contributed by atoms with van der Waals surface area (Å²) < 4.78 is 3.05.